The summed E-state index contributed by atoms with van der Waals surface area (Å²) in [7, 11) is 0. The number of nitrogens with one attached hydrogen (secondary N) is 2. The van der Waals surface area contributed by atoms with E-state index in [1.807, 2.05) is 40.7 Å². The summed E-state index contributed by atoms with van der Waals surface area (Å²) in [6.45, 7) is 9.60. The Hall–Kier alpha value is -3.18. The van der Waals surface area contributed by atoms with Crippen molar-refractivity contribution in [3.63, 3.8) is 0 Å². The first-order chi connectivity index (χ1) is 15.7. The minimum Gasteiger partial charge on any atom is -0.446 e. The predicted octanol–water partition coefficient (Wildman–Crippen LogP) is 5.03. The Kier molecular flexibility index (Phi) is 7.18. The van der Waals surface area contributed by atoms with Gasteiger partial charge in [0.2, 0.25) is 0 Å². The molecule has 1 aliphatic rings. The number of amides is 1. The van der Waals surface area contributed by atoms with Gasteiger partial charge in [0.1, 0.15) is 17.7 Å². The highest BCUT2D eigenvalue weighted by atomic mass is 19.4. The topological polar surface area (TPSA) is 116 Å². The third-order valence-corrected chi connectivity index (χ3v) is 5.22. The van der Waals surface area contributed by atoms with Crippen molar-refractivity contribution in [2.24, 2.45) is 0 Å². The van der Waals surface area contributed by atoms with Crippen LogP contribution >= 0.6 is 0 Å². The van der Waals surface area contributed by atoms with Crippen molar-refractivity contribution in [1.29, 1.82) is 0 Å². The van der Waals surface area contributed by atoms with E-state index in [2.05, 4.69) is 20.4 Å². The zero-order valence-electron chi connectivity index (χ0n) is 19.9. The molecule has 1 amide bonds. The van der Waals surface area contributed by atoms with Gasteiger partial charge in [0, 0.05) is 24.1 Å². The van der Waals surface area contributed by atoms with Gasteiger partial charge in [-0.05, 0) is 53.9 Å². The maximum atomic E-state index is 12.7. The van der Waals surface area contributed by atoms with Gasteiger partial charge in [-0.3, -0.25) is 0 Å². The van der Waals surface area contributed by atoms with Gasteiger partial charge < -0.3 is 25.8 Å². The van der Waals surface area contributed by atoms with Crippen molar-refractivity contribution in [3.05, 3.63) is 24.0 Å². The number of halogens is 3. The predicted molar refractivity (Wildman–Crippen MR) is 121 cm³/mol. The van der Waals surface area contributed by atoms with Gasteiger partial charge >= 0.3 is 12.5 Å². The van der Waals surface area contributed by atoms with Crippen molar-refractivity contribution >= 4 is 23.4 Å². The van der Waals surface area contributed by atoms with E-state index < -0.39 is 23.7 Å². The quantitative estimate of drug-likeness (QED) is 0.527. The van der Waals surface area contributed by atoms with Gasteiger partial charge in [-0.25, -0.2) is 14.5 Å². The van der Waals surface area contributed by atoms with Crippen LogP contribution in [-0.4, -0.2) is 39.4 Å². The molecule has 0 spiro atoms. The lowest BCUT2D eigenvalue weighted by Gasteiger charge is -2.23. The van der Waals surface area contributed by atoms with E-state index in [0.717, 1.165) is 30.8 Å². The molecule has 12 heteroatoms. The average molecular weight is 485 g/mol. The largest absolute Gasteiger partial charge is 0.573 e. The van der Waals surface area contributed by atoms with E-state index in [9.17, 15) is 18.0 Å². The normalized spacial score (nSPS) is 18.7. The van der Waals surface area contributed by atoms with Crippen LogP contribution in [0.3, 0.4) is 0 Å². The van der Waals surface area contributed by atoms with Crippen molar-refractivity contribution in [1.82, 2.24) is 20.1 Å². The van der Waals surface area contributed by atoms with Crippen LogP contribution in [0.25, 0.3) is 0 Å². The molecule has 4 N–H and O–H groups in total. The Bertz CT molecular complexity index is 1020. The number of anilines is 3. The van der Waals surface area contributed by atoms with E-state index in [1.165, 1.54) is 0 Å². The fourth-order valence-corrected chi connectivity index (χ4v) is 3.80. The minimum absolute atomic E-state index is 0.00943. The molecule has 0 bridgehead atoms. The first-order valence-corrected chi connectivity index (χ1v) is 11.1. The Morgan fingerprint density at radius 2 is 1.94 bits per heavy atom. The minimum atomic E-state index is -4.87. The first-order valence-electron chi connectivity index (χ1n) is 11.1. The zero-order valence-corrected chi connectivity index (χ0v) is 19.9. The number of alkyl halides is 3. The smallest absolute Gasteiger partial charge is 0.446 e. The number of carbonyl (C=O) groups is 1. The van der Waals surface area contributed by atoms with E-state index >= 15 is 0 Å². The molecule has 1 fully saturated rings. The number of ether oxygens (including phenoxy) is 2. The van der Waals surface area contributed by atoms with Crippen LogP contribution in [0.15, 0.2) is 18.3 Å². The van der Waals surface area contributed by atoms with E-state index in [0.29, 0.717) is 12.2 Å². The van der Waals surface area contributed by atoms with Crippen LogP contribution in [0.1, 0.15) is 65.5 Å². The number of carbonyl (C=O) groups excluding carboxylic acids is 1. The molecule has 0 saturated heterocycles. The fourth-order valence-electron chi connectivity index (χ4n) is 3.80. The van der Waals surface area contributed by atoms with E-state index in [4.69, 9.17) is 15.6 Å². The molecule has 3 rings (SSSR count). The maximum Gasteiger partial charge on any atom is 0.573 e. The molecule has 2 atom stereocenters. The molecule has 2 aromatic rings. The van der Waals surface area contributed by atoms with E-state index in [-0.39, 0.29) is 29.6 Å². The molecule has 2 heterocycles. The molecule has 0 unspecified atom stereocenters. The number of nitrogens with two attached hydrogens (primary N) is 1. The van der Waals surface area contributed by atoms with Crippen molar-refractivity contribution in [2.45, 2.75) is 83.8 Å². The van der Waals surface area contributed by atoms with Crippen molar-refractivity contribution in [2.75, 3.05) is 11.1 Å². The molecule has 0 aliphatic heterocycles. The molecule has 9 nitrogen and oxygen atoms in total. The SMILES string of the molecule is CC(C)NC(=O)O[C@@H]1CC[C@H](c2cc(Nc3cc(OC(F)(F)F)c(N)cn3)n(C(C)(C)C)n2)C1. The van der Waals surface area contributed by atoms with E-state index in [1.54, 1.807) is 4.68 Å². The number of pyridine rings is 1. The van der Waals surface area contributed by atoms with Crippen molar-refractivity contribution < 1.29 is 27.4 Å². The average Bonchev–Trinajstić information content (AvgIpc) is 3.29. The van der Waals surface area contributed by atoms with Crippen molar-refractivity contribution in [3.8, 4) is 5.75 Å². The van der Waals surface area contributed by atoms with Gasteiger partial charge in [-0.15, -0.1) is 13.2 Å². The fraction of sp³-hybridized carbons (Fsp3) is 0.591. The highest BCUT2D eigenvalue weighted by Crippen LogP contribution is 2.38. The maximum absolute atomic E-state index is 12.7. The van der Waals surface area contributed by atoms with Gasteiger partial charge in [0.15, 0.2) is 5.75 Å². The molecule has 2 aromatic heterocycles. The van der Waals surface area contributed by atoms with Crippen LogP contribution in [0.2, 0.25) is 0 Å². The highest BCUT2D eigenvalue weighted by Gasteiger charge is 2.33. The third kappa shape index (κ3) is 6.67. The molecule has 34 heavy (non-hydrogen) atoms. The molecular weight excluding hydrogens is 453 g/mol. The second-order valence-corrected chi connectivity index (χ2v) is 9.65. The highest BCUT2D eigenvalue weighted by molar-refractivity contribution is 5.67. The summed E-state index contributed by atoms with van der Waals surface area (Å²) in [6.07, 6.45) is -2.27. The number of hydrogen-bond acceptors (Lipinski definition) is 7. The molecular formula is C22H31F3N6O3. The second-order valence-electron chi connectivity index (χ2n) is 9.65. The van der Waals surface area contributed by atoms with Gasteiger partial charge in [0.05, 0.1) is 23.1 Å². The zero-order chi connectivity index (χ0) is 25.3. The summed E-state index contributed by atoms with van der Waals surface area (Å²) in [6, 6.07) is 2.93. The van der Waals surface area contributed by atoms with Crippen LogP contribution < -0.4 is 21.1 Å². The molecule has 0 aromatic carbocycles. The summed E-state index contributed by atoms with van der Waals surface area (Å²) in [4.78, 5) is 16.0. The number of hydrogen-bond donors (Lipinski definition) is 3. The molecule has 0 radical (unpaired) electrons. The Morgan fingerprint density at radius 1 is 1.24 bits per heavy atom. The summed E-state index contributed by atoms with van der Waals surface area (Å²) in [5, 5.41) is 10.5. The standard InChI is InChI=1S/C22H31F3N6O3/c1-12(2)28-20(32)33-14-7-6-13(8-14)16-9-19(31(30-16)21(3,4)5)29-18-10-17(15(26)11-27-18)34-22(23,24)25/h9-14H,6-8,26H2,1-5H3,(H,27,29)(H,28,32)/t13-,14+/m0/s1. The summed E-state index contributed by atoms with van der Waals surface area (Å²) in [5.74, 6) is 0.218. The Balaban J connectivity index is 1.79. The second kappa shape index (κ2) is 9.59. The molecule has 1 aliphatic carbocycles. The number of nitrogens with zero attached hydrogens (tertiary/aromatic N) is 3. The molecule has 188 valence electrons. The van der Waals surface area contributed by atoms with Crippen LogP contribution in [0.5, 0.6) is 5.75 Å². The Labute approximate surface area is 196 Å². The van der Waals surface area contributed by atoms with Crippen LogP contribution in [-0.2, 0) is 10.3 Å². The lowest BCUT2D eigenvalue weighted by molar-refractivity contribution is -0.274. The van der Waals surface area contributed by atoms with Gasteiger partial charge in [-0.2, -0.15) is 5.10 Å². The summed E-state index contributed by atoms with van der Waals surface area (Å²) in [5.41, 5.74) is 5.72. The lowest BCUT2D eigenvalue weighted by Crippen LogP contribution is -2.33. The third-order valence-electron chi connectivity index (χ3n) is 5.22. The number of aromatic nitrogens is 3. The number of rotatable bonds is 6. The lowest BCUT2D eigenvalue weighted by atomic mass is 10.0. The summed E-state index contributed by atoms with van der Waals surface area (Å²) < 4.78 is 49.3. The van der Waals surface area contributed by atoms with Gasteiger partial charge in [-0.1, -0.05) is 0 Å². The van der Waals surface area contributed by atoms with Gasteiger partial charge in [0.25, 0.3) is 0 Å². The number of alkyl carbamates (subject to hydrolysis) is 1. The first kappa shape index (κ1) is 25.4. The Morgan fingerprint density at radius 3 is 2.56 bits per heavy atom. The summed E-state index contributed by atoms with van der Waals surface area (Å²) >= 11 is 0. The van der Waals surface area contributed by atoms with Crippen LogP contribution in [0, 0.1) is 0 Å². The number of nitrogen functional groups attached to an aromatic ring is 1. The molecule has 1 saturated carbocycles. The van der Waals surface area contributed by atoms with Crippen LogP contribution in [0.4, 0.5) is 35.3 Å². The monoisotopic (exact) mass is 484 g/mol.